The molecule has 1 fully saturated rings. The third-order valence-corrected chi connectivity index (χ3v) is 6.02. The monoisotopic (exact) mass is 416 g/mol. The number of rotatable bonds is 6. The summed E-state index contributed by atoms with van der Waals surface area (Å²) in [5.41, 5.74) is 3.26. The Morgan fingerprint density at radius 2 is 2.03 bits per heavy atom. The molecule has 1 atom stereocenters. The third kappa shape index (κ3) is 4.55. The number of carbonyl (C=O) groups excluding carboxylic acids is 2. The Bertz CT molecular complexity index is 910. The van der Waals surface area contributed by atoms with Crippen LogP contribution in [0.15, 0.2) is 11.6 Å². The summed E-state index contributed by atoms with van der Waals surface area (Å²) in [6.07, 6.45) is 0.455. The standard InChI is InChI=1S/C20H28N6O2S/c1-12(2)26-9-14(7-18(26)27)15-8-17(24(4)5)23-16(22-15)10-25(6)20(28)19-13(3)21-11-29-19/h8,11-12,14H,7,9-10H2,1-6H3. The fourth-order valence-corrected chi connectivity index (χ4v) is 4.20. The fraction of sp³-hybridized carbons (Fsp3) is 0.550. The first-order valence-corrected chi connectivity index (χ1v) is 10.6. The zero-order valence-electron chi connectivity index (χ0n) is 17.8. The summed E-state index contributed by atoms with van der Waals surface area (Å²) in [4.78, 5) is 44.6. The molecule has 3 heterocycles. The van der Waals surface area contributed by atoms with Crippen molar-refractivity contribution in [2.45, 2.75) is 45.7 Å². The van der Waals surface area contributed by atoms with Crippen molar-refractivity contribution >= 4 is 29.0 Å². The molecule has 2 aromatic heterocycles. The van der Waals surface area contributed by atoms with Crippen molar-refractivity contribution in [3.8, 4) is 0 Å². The molecule has 1 unspecified atom stereocenters. The highest BCUT2D eigenvalue weighted by Gasteiger charge is 2.33. The number of thiazole rings is 1. The molecule has 9 heteroatoms. The topological polar surface area (TPSA) is 82.5 Å². The molecule has 156 valence electrons. The number of hydrogen-bond acceptors (Lipinski definition) is 7. The zero-order chi connectivity index (χ0) is 21.3. The largest absolute Gasteiger partial charge is 0.363 e. The predicted octanol–water partition coefficient (Wildman–Crippen LogP) is 2.30. The average Bonchev–Trinajstić information content (AvgIpc) is 3.26. The lowest BCUT2D eigenvalue weighted by Crippen LogP contribution is -2.32. The molecule has 0 aromatic carbocycles. The van der Waals surface area contributed by atoms with E-state index in [0.29, 0.717) is 30.2 Å². The Labute approximate surface area is 175 Å². The lowest BCUT2D eigenvalue weighted by atomic mass is 10.0. The Balaban J connectivity index is 1.85. The maximum atomic E-state index is 12.7. The molecule has 1 saturated heterocycles. The normalized spacial score (nSPS) is 16.6. The van der Waals surface area contributed by atoms with Crippen LogP contribution in [0.5, 0.6) is 0 Å². The lowest BCUT2D eigenvalue weighted by molar-refractivity contribution is -0.129. The van der Waals surface area contributed by atoms with Gasteiger partial charge in [-0.15, -0.1) is 11.3 Å². The highest BCUT2D eigenvalue weighted by molar-refractivity contribution is 7.11. The van der Waals surface area contributed by atoms with Gasteiger partial charge in [0.15, 0.2) is 0 Å². The number of likely N-dealkylation sites (tertiary alicyclic amines) is 1. The Kier molecular flexibility index (Phi) is 6.16. The first kappa shape index (κ1) is 21.2. The molecule has 1 aliphatic rings. The molecular weight excluding hydrogens is 388 g/mol. The van der Waals surface area contributed by atoms with Gasteiger partial charge in [0.2, 0.25) is 5.91 Å². The molecule has 0 N–H and O–H groups in total. The maximum absolute atomic E-state index is 12.7. The Morgan fingerprint density at radius 1 is 1.31 bits per heavy atom. The molecule has 0 bridgehead atoms. The van der Waals surface area contributed by atoms with Crippen molar-refractivity contribution in [2.75, 3.05) is 32.6 Å². The van der Waals surface area contributed by atoms with Crippen molar-refractivity contribution in [1.82, 2.24) is 24.8 Å². The van der Waals surface area contributed by atoms with Gasteiger partial charge in [-0.3, -0.25) is 9.59 Å². The number of amides is 2. The summed E-state index contributed by atoms with van der Waals surface area (Å²) in [5.74, 6) is 1.45. The molecule has 8 nitrogen and oxygen atoms in total. The van der Waals surface area contributed by atoms with Gasteiger partial charge in [0, 0.05) is 52.1 Å². The van der Waals surface area contributed by atoms with Crippen molar-refractivity contribution in [2.24, 2.45) is 0 Å². The van der Waals surface area contributed by atoms with Crippen molar-refractivity contribution in [1.29, 1.82) is 0 Å². The summed E-state index contributed by atoms with van der Waals surface area (Å²) < 4.78 is 0. The summed E-state index contributed by atoms with van der Waals surface area (Å²) in [6, 6.07) is 2.12. The van der Waals surface area contributed by atoms with E-state index in [2.05, 4.69) is 9.97 Å². The molecule has 1 aliphatic heterocycles. The van der Waals surface area contributed by atoms with Crippen molar-refractivity contribution in [3.63, 3.8) is 0 Å². The maximum Gasteiger partial charge on any atom is 0.265 e. The van der Waals surface area contributed by atoms with E-state index in [9.17, 15) is 9.59 Å². The van der Waals surface area contributed by atoms with Gasteiger partial charge in [0.1, 0.15) is 16.5 Å². The van der Waals surface area contributed by atoms with Crippen LogP contribution < -0.4 is 4.90 Å². The fourth-order valence-electron chi connectivity index (χ4n) is 3.41. The molecule has 0 spiro atoms. The van der Waals surface area contributed by atoms with Crippen LogP contribution in [-0.4, -0.2) is 70.3 Å². The Hall–Kier alpha value is -2.55. The minimum atomic E-state index is -0.0903. The highest BCUT2D eigenvalue weighted by Crippen LogP contribution is 2.30. The Morgan fingerprint density at radius 3 is 2.59 bits per heavy atom. The average molecular weight is 417 g/mol. The quantitative estimate of drug-likeness (QED) is 0.719. The van der Waals surface area contributed by atoms with E-state index in [0.717, 1.165) is 17.2 Å². The molecule has 2 aromatic rings. The number of nitrogens with zero attached hydrogens (tertiary/aromatic N) is 6. The number of aromatic nitrogens is 3. The van der Waals surface area contributed by atoms with Crippen LogP contribution in [0.4, 0.5) is 5.82 Å². The van der Waals surface area contributed by atoms with Gasteiger partial charge in [-0.2, -0.15) is 0 Å². The van der Waals surface area contributed by atoms with E-state index in [1.165, 1.54) is 11.3 Å². The molecule has 2 amide bonds. The molecule has 0 saturated carbocycles. The van der Waals surface area contributed by atoms with E-state index < -0.39 is 0 Å². The molecular formula is C20H28N6O2S. The minimum absolute atomic E-state index is 0.0371. The van der Waals surface area contributed by atoms with E-state index >= 15 is 0 Å². The summed E-state index contributed by atoms with van der Waals surface area (Å²) in [6.45, 7) is 6.84. The molecule has 29 heavy (non-hydrogen) atoms. The predicted molar refractivity (Wildman–Crippen MR) is 113 cm³/mol. The van der Waals surface area contributed by atoms with Crippen LogP contribution in [0.3, 0.4) is 0 Å². The number of carbonyl (C=O) groups is 2. The van der Waals surface area contributed by atoms with Gasteiger partial charge >= 0.3 is 0 Å². The van der Waals surface area contributed by atoms with Crippen LogP contribution in [0.1, 0.15) is 53.1 Å². The van der Waals surface area contributed by atoms with Gasteiger partial charge in [-0.05, 0) is 20.8 Å². The van der Waals surface area contributed by atoms with Gasteiger partial charge in [0.05, 0.1) is 23.4 Å². The van der Waals surface area contributed by atoms with Gasteiger partial charge < -0.3 is 14.7 Å². The number of hydrogen-bond donors (Lipinski definition) is 0. The van der Waals surface area contributed by atoms with Crippen LogP contribution in [0.25, 0.3) is 0 Å². The first-order chi connectivity index (χ1) is 13.7. The van der Waals surface area contributed by atoms with E-state index in [1.807, 2.05) is 50.7 Å². The second-order valence-corrected chi connectivity index (χ2v) is 8.79. The SMILES string of the molecule is Cc1ncsc1C(=O)N(C)Cc1nc(C2CC(=O)N(C(C)C)C2)cc(N(C)C)n1. The molecule has 3 rings (SSSR count). The van der Waals surface area contributed by atoms with Gasteiger partial charge in [-0.25, -0.2) is 15.0 Å². The van der Waals surface area contributed by atoms with E-state index in [-0.39, 0.29) is 23.8 Å². The molecule has 0 radical (unpaired) electrons. The highest BCUT2D eigenvalue weighted by atomic mass is 32.1. The third-order valence-electron chi connectivity index (χ3n) is 5.10. The van der Waals surface area contributed by atoms with Crippen molar-refractivity contribution < 1.29 is 9.59 Å². The van der Waals surface area contributed by atoms with Crippen LogP contribution in [0.2, 0.25) is 0 Å². The first-order valence-electron chi connectivity index (χ1n) is 9.67. The summed E-state index contributed by atoms with van der Waals surface area (Å²) in [7, 11) is 5.59. The van der Waals surface area contributed by atoms with Crippen LogP contribution in [0, 0.1) is 6.92 Å². The van der Waals surface area contributed by atoms with E-state index in [4.69, 9.17) is 4.98 Å². The lowest BCUT2D eigenvalue weighted by Gasteiger charge is -2.22. The van der Waals surface area contributed by atoms with Gasteiger partial charge in [-0.1, -0.05) is 0 Å². The van der Waals surface area contributed by atoms with Crippen molar-refractivity contribution in [3.05, 3.63) is 33.7 Å². The van der Waals surface area contributed by atoms with E-state index in [1.54, 1.807) is 17.5 Å². The smallest absolute Gasteiger partial charge is 0.265 e. The molecule has 0 aliphatic carbocycles. The second-order valence-electron chi connectivity index (χ2n) is 7.93. The summed E-state index contributed by atoms with van der Waals surface area (Å²) >= 11 is 1.34. The van der Waals surface area contributed by atoms with Crippen LogP contribution >= 0.6 is 11.3 Å². The zero-order valence-corrected chi connectivity index (χ0v) is 18.7. The van der Waals surface area contributed by atoms with Gasteiger partial charge in [0.25, 0.3) is 5.91 Å². The minimum Gasteiger partial charge on any atom is -0.363 e. The number of anilines is 1. The second kappa shape index (κ2) is 8.44. The number of aryl methyl sites for hydroxylation is 1. The van der Waals surface area contributed by atoms with Crippen LogP contribution in [-0.2, 0) is 11.3 Å². The summed E-state index contributed by atoms with van der Waals surface area (Å²) in [5, 5.41) is 0.